The lowest BCUT2D eigenvalue weighted by atomic mass is 10.1. The number of fused-ring (bicyclic) bond motifs is 1. The Morgan fingerprint density at radius 3 is 3.00 bits per heavy atom. The van der Waals surface area contributed by atoms with Crippen molar-refractivity contribution in [3.8, 4) is 0 Å². The van der Waals surface area contributed by atoms with Crippen LogP contribution in [0.3, 0.4) is 0 Å². The van der Waals surface area contributed by atoms with Gasteiger partial charge in [0.1, 0.15) is 0 Å². The third kappa shape index (κ3) is 3.13. The highest BCUT2D eigenvalue weighted by atomic mass is 32.2. The molecule has 1 N–H and O–H groups in total. The van der Waals surface area contributed by atoms with Crippen LogP contribution in [0.15, 0.2) is 40.8 Å². The van der Waals surface area contributed by atoms with Crippen LogP contribution in [0.1, 0.15) is 19.4 Å². The van der Waals surface area contributed by atoms with Gasteiger partial charge in [0.2, 0.25) is 0 Å². The second-order valence-electron chi connectivity index (χ2n) is 4.49. The van der Waals surface area contributed by atoms with Gasteiger partial charge in [0.25, 0.3) is 0 Å². The first-order valence-corrected chi connectivity index (χ1v) is 6.72. The van der Waals surface area contributed by atoms with Crippen molar-refractivity contribution in [1.82, 2.24) is 5.32 Å². The zero-order valence-electron chi connectivity index (χ0n) is 9.99. The zero-order chi connectivity index (χ0) is 11.4. The van der Waals surface area contributed by atoms with Crippen molar-refractivity contribution in [2.75, 3.05) is 13.1 Å². The predicted molar refractivity (Wildman–Crippen MR) is 72.1 cm³/mol. The van der Waals surface area contributed by atoms with E-state index in [1.165, 1.54) is 22.5 Å². The van der Waals surface area contributed by atoms with Crippen molar-refractivity contribution in [3.63, 3.8) is 0 Å². The van der Waals surface area contributed by atoms with Crippen LogP contribution in [-0.4, -0.2) is 18.3 Å². The second-order valence-corrected chi connectivity index (χ2v) is 5.83. The number of hydrogen-bond acceptors (Lipinski definition) is 2. The van der Waals surface area contributed by atoms with Crippen molar-refractivity contribution in [2.45, 2.75) is 30.4 Å². The predicted octanol–water partition coefficient (Wildman–Crippen LogP) is 3.26. The molecule has 16 heavy (non-hydrogen) atoms. The van der Waals surface area contributed by atoms with Gasteiger partial charge in [0.05, 0.1) is 0 Å². The Kier molecular flexibility index (Phi) is 4.08. The summed E-state index contributed by atoms with van der Waals surface area (Å²) in [5.74, 6) is 0. The first-order chi connectivity index (χ1) is 7.75. The summed E-state index contributed by atoms with van der Waals surface area (Å²) in [6.07, 6.45) is 3.45. The normalized spacial score (nSPS) is 18.2. The Morgan fingerprint density at radius 2 is 2.25 bits per heavy atom. The highest BCUT2D eigenvalue weighted by Gasteiger charge is 2.20. The van der Waals surface area contributed by atoms with Crippen molar-refractivity contribution in [3.05, 3.63) is 41.5 Å². The summed E-state index contributed by atoms with van der Waals surface area (Å²) in [7, 11) is 0. The number of allylic oxidation sites excluding steroid dienone is 1. The molecule has 0 fully saturated rings. The van der Waals surface area contributed by atoms with E-state index in [2.05, 4.69) is 49.5 Å². The number of nitrogens with one attached hydrogen (secondary N) is 1. The average molecular weight is 233 g/mol. The molecular formula is C14H19NS. The monoisotopic (exact) mass is 233 g/mol. The molecule has 2 heteroatoms. The van der Waals surface area contributed by atoms with Crippen LogP contribution < -0.4 is 5.32 Å². The fourth-order valence-electron chi connectivity index (χ4n) is 1.89. The van der Waals surface area contributed by atoms with E-state index in [0.29, 0.717) is 5.25 Å². The van der Waals surface area contributed by atoms with Gasteiger partial charge in [-0.15, -0.1) is 11.8 Å². The van der Waals surface area contributed by atoms with E-state index in [-0.39, 0.29) is 0 Å². The van der Waals surface area contributed by atoms with Crippen LogP contribution in [0.4, 0.5) is 0 Å². The van der Waals surface area contributed by atoms with Crippen LogP contribution >= 0.6 is 11.8 Å². The summed E-state index contributed by atoms with van der Waals surface area (Å²) in [6, 6.07) is 8.75. The molecule has 0 radical (unpaired) electrons. The Morgan fingerprint density at radius 1 is 1.44 bits per heavy atom. The molecule has 1 atom stereocenters. The van der Waals surface area contributed by atoms with Gasteiger partial charge >= 0.3 is 0 Å². The largest absolute Gasteiger partial charge is 0.312 e. The van der Waals surface area contributed by atoms with Crippen LogP contribution in [0.2, 0.25) is 0 Å². The SMILES string of the molecule is CC(C)=CCNCC1Cc2ccccc2S1. The molecule has 0 aromatic heterocycles. The minimum atomic E-state index is 0.711. The van der Waals surface area contributed by atoms with Crippen LogP contribution in [0, 0.1) is 0 Å². The minimum Gasteiger partial charge on any atom is -0.312 e. The standard InChI is InChI=1S/C14H19NS/c1-11(2)7-8-15-10-13-9-12-5-3-4-6-14(12)16-13/h3-7,13,15H,8-10H2,1-2H3. The highest BCUT2D eigenvalue weighted by molar-refractivity contribution is 8.00. The number of rotatable bonds is 4. The van der Waals surface area contributed by atoms with Crippen LogP contribution in [0.25, 0.3) is 0 Å². The van der Waals surface area contributed by atoms with Gasteiger partial charge in [-0.1, -0.05) is 29.8 Å². The number of thioether (sulfide) groups is 1. The number of hydrogen-bond donors (Lipinski definition) is 1. The smallest absolute Gasteiger partial charge is 0.0260 e. The summed E-state index contributed by atoms with van der Waals surface area (Å²) in [4.78, 5) is 1.47. The molecule has 1 unspecified atom stereocenters. The Balaban J connectivity index is 1.77. The van der Waals surface area contributed by atoms with Crippen LogP contribution in [-0.2, 0) is 6.42 Å². The molecule has 0 aliphatic carbocycles. The van der Waals surface area contributed by atoms with Gasteiger partial charge < -0.3 is 5.32 Å². The van der Waals surface area contributed by atoms with Crippen molar-refractivity contribution < 1.29 is 0 Å². The summed E-state index contributed by atoms with van der Waals surface area (Å²) in [5, 5.41) is 4.21. The summed E-state index contributed by atoms with van der Waals surface area (Å²) < 4.78 is 0. The molecule has 1 aliphatic heterocycles. The van der Waals surface area contributed by atoms with Crippen LogP contribution in [0.5, 0.6) is 0 Å². The number of benzene rings is 1. The van der Waals surface area contributed by atoms with E-state index >= 15 is 0 Å². The third-order valence-electron chi connectivity index (χ3n) is 2.74. The van der Waals surface area contributed by atoms with Gasteiger partial charge in [-0.05, 0) is 31.9 Å². The Labute approximate surface area is 102 Å². The molecule has 86 valence electrons. The lowest BCUT2D eigenvalue weighted by Crippen LogP contribution is -2.24. The van der Waals surface area contributed by atoms with Gasteiger partial charge in [0, 0.05) is 23.2 Å². The maximum Gasteiger partial charge on any atom is 0.0260 e. The Hall–Kier alpha value is -0.730. The first-order valence-electron chi connectivity index (χ1n) is 5.84. The molecule has 0 saturated carbocycles. The quantitative estimate of drug-likeness (QED) is 0.633. The van der Waals surface area contributed by atoms with E-state index in [1.54, 1.807) is 0 Å². The molecule has 1 heterocycles. The fraction of sp³-hybridized carbons (Fsp3) is 0.429. The molecule has 0 saturated heterocycles. The van der Waals surface area contributed by atoms with E-state index in [0.717, 1.165) is 13.1 Å². The lowest BCUT2D eigenvalue weighted by molar-refractivity contribution is 0.711. The topological polar surface area (TPSA) is 12.0 Å². The molecular weight excluding hydrogens is 214 g/mol. The summed E-state index contributed by atoms with van der Waals surface area (Å²) in [6.45, 7) is 6.38. The van der Waals surface area contributed by atoms with E-state index < -0.39 is 0 Å². The van der Waals surface area contributed by atoms with Crippen molar-refractivity contribution in [2.24, 2.45) is 0 Å². The molecule has 0 bridgehead atoms. The Bertz CT molecular complexity index is 355. The molecule has 1 aromatic carbocycles. The van der Waals surface area contributed by atoms with Crippen molar-refractivity contribution in [1.29, 1.82) is 0 Å². The molecule has 1 nitrogen and oxygen atoms in total. The highest BCUT2D eigenvalue weighted by Crippen LogP contribution is 2.36. The van der Waals surface area contributed by atoms with E-state index in [4.69, 9.17) is 0 Å². The average Bonchev–Trinajstić information content (AvgIpc) is 2.66. The second kappa shape index (κ2) is 5.55. The van der Waals surface area contributed by atoms with Gasteiger partial charge in [0.15, 0.2) is 0 Å². The van der Waals surface area contributed by atoms with Gasteiger partial charge in [-0.2, -0.15) is 0 Å². The molecule has 2 rings (SSSR count). The summed E-state index contributed by atoms with van der Waals surface area (Å²) >= 11 is 2.01. The maximum atomic E-state index is 3.50. The molecule has 1 aromatic rings. The molecule has 1 aliphatic rings. The van der Waals surface area contributed by atoms with E-state index in [1.807, 2.05) is 11.8 Å². The molecule has 0 amide bonds. The van der Waals surface area contributed by atoms with Gasteiger partial charge in [-0.25, -0.2) is 0 Å². The maximum absolute atomic E-state index is 3.50. The third-order valence-corrected chi connectivity index (χ3v) is 4.06. The fourth-order valence-corrected chi connectivity index (χ4v) is 3.17. The lowest BCUT2D eigenvalue weighted by Gasteiger charge is -2.08. The van der Waals surface area contributed by atoms with E-state index in [9.17, 15) is 0 Å². The van der Waals surface area contributed by atoms with Crippen molar-refractivity contribution >= 4 is 11.8 Å². The minimum absolute atomic E-state index is 0.711. The zero-order valence-corrected chi connectivity index (χ0v) is 10.8. The first kappa shape index (κ1) is 11.7. The van der Waals surface area contributed by atoms with Gasteiger partial charge in [-0.3, -0.25) is 0 Å². The summed E-state index contributed by atoms with van der Waals surface area (Å²) in [5.41, 5.74) is 2.90. The molecule has 0 spiro atoms.